The van der Waals surface area contributed by atoms with Crippen LogP contribution < -0.4 is 5.43 Å². The van der Waals surface area contributed by atoms with Gasteiger partial charge in [0.25, 0.3) is 0 Å². The van der Waals surface area contributed by atoms with Crippen LogP contribution in [-0.4, -0.2) is 23.2 Å². The molecule has 0 aromatic heterocycles. The SMILES string of the molecule is CC(C)CC1N=NNC1C(=O)O. The molecule has 0 bridgehead atoms. The van der Waals surface area contributed by atoms with Crippen molar-refractivity contribution in [3.63, 3.8) is 0 Å². The molecule has 12 heavy (non-hydrogen) atoms. The van der Waals surface area contributed by atoms with Gasteiger partial charge >= 0.3 is 5.97 Å². The monoisotopic (exact) mass is 171 g/mol. The second kappa shape index (κ2) is 3.51. The quantitative estimate of drug-likeness (QED) is 0.660. The third-order valence-electron chi connectivity index (χ3n) is 1.77. The highest BCUT2D eigenvalue weighted by Gasteiger charge is 2.32. The summed E-state index contributed by atoms with van der Waals surface area (Å²) in [6.45, 7) is 4.07. The van der Waals surface area contributed by atoms with Gasteiger partial charge in [-0.3, -0.25) is 5.43 Å². The van der Waals surface area contributed by atoms with Crippen LogP contribution in [0.4, 0.5) is 0 Å². The number of nitrogens with zero attached hydrogens (tertiary/aromatic N) is 2. The summed E-state index contributed by atoms with van der Waals surface area (Å²) in [6, 6.07) is -0.838. The minimum absolute atomic E-state index is 0.206. The smallest absolute Gasteiger partial charge is 0.330 e. The van der Waals surface area contributed by atoms with E-state index in [0.717, 1.165) is 6.42 Å². The summed E-state index contributed by atoms with van der Waals surface area (Å²) in [5.41, 5.74) is 2.47. The summed E-state index contributed by atoms with van der Waals surface area (Å²) in [7, 11) is 0. The van der Waals surface area contributed by atoms with Crippen molar-refractivity contribution in [1.29, 1.82) is 0 Å². The van der Waals surface area contributed by atoms with Crippen LogP contribution in [0.15, 0.2) is 10.3 Å². The van der Waals surface area contributed by atoms with Gasteiger partial charge in [-0.15, -0.1) is 0 Å². The number of carbonyl (C=O) groups is 1. The lowest BCUT2D eigenvalue weighted by molar-refractivity contribution is -0.139. The number of aliphatic carboxylic acids is 1. The number of nitrogens with one attached hydrogen (secondary N) is 1. The van der Waals surface area contributed by atoms with Crippen LogP contribution in [0.25, 0.3) is 0 Å². The van der Waals surface area contributed by atoms with Gasteiger partial charge in [-0.25, -0.2) is 4.79 Å². The van der Waals surface area contributed by atoms with Crippen molar-refractivity contribution in [2.75, 3.05) is 0 Å². The molecule has 1 aliphatic rings. The second-order valence-corrected chi connectivity index (χ2v) is 3.36. The number of rotatable bonds is 3. The minimum atomic E-state index is -0.884. The van der Waals surface area contributed by atoms with Crippen LogP contribution in [0.1, 0.15) is 20.3 Å². The maximum absolute atomic E-state index is 10.6. The molecule has 1 heterocycles. The molecule has 0 aliphatic carbocycles. The molecule has 0 spiro atoms. The fourth-order valence-corrected chi connectivity index (χ4v) is 1.21. The molecule has 0 saturated carbocycles. The standard InChI is InChI=1S/C7H13N3O2/c1-4(2)3-5-6(7(11)12)9-10-8-5/h4-6H,3H2,1-2H3,(H,8,9)(H,11,12). The van der Waals surface area contributed by atoms with E-state index < -0.39 is 12.0 Å². The molecule has 0 radical (unpaired) electrons. The Morgan fingerprint density at radius 1 is 1.67 bits per heavy atom. The predicted octanol–water partition coefficient (Wildman–Crippen LogP) is 0.825. The average Bonchev–Trinajstić information content (AvgIpc) is 2.33. The number of hydrogen-bond donors (Lipinski definition) is 2. The lowest BCUT2D eigenvalue weighted by atomic mass is 9.99. The fraction of sp³-hybridized carbons (Fsp3) is 0.857. The zero-order chi connectivity index (χ0) is 9.14. The first-order valence-corrected chi connectivity index (χ1v) is 3.99. The topological polar surface area (TPSA) is 74.0 Å². The molecule has 2 atom stereocenters. The Morgan fingerprint density at radius 3 is 2.83 bits per heavy atom. The van der Waals surface area contributed by atoms with Gasteiger partial charge in [0.15, 0.2) is 6.04 Å². The number of carboxylic acid groups (broad SMARTS) is 1. The molecule has 5 nitrogen and oxygen atoms in total. The molecule has 1 rings (SSSR count). The van der Waals surface area contributed by atoms with Crippen molar-refractivity contribution in [3.05, 3.63) is 0 Å². The molecule has 0 aromatic rings. The lowest BCUT2D eigenvalue weighted by Crippen LogP contribution is -2.38. The van der Waals surface area contributed by atoms with Crippen LogP contribution in [-0.2, 0) is 4.79 Å². The average molecular weight is 171 g/mol. The summed E-state index contributed by atoms with van der Waals surface area (Å²) in [5.74, 6) is -0.443. The molecule has 68 valence electrons. The highest BCUT2D eigenvalue weighted by molar-refractivity contribution is 5.74. The van der Waals surface area contributed by atoms with Crippen LogP contribution in [0.3, 0.4) is 0 Å². The molecule has 0 aromatic carbocycles. The first-order chi connectivity index (χ1) is 5.61. The van der Waals surface area contributed by atoms with E-state index >= 15 is 0 Å². The van der Waals surface area contributed by atoms with E-state index in [1.165, 1.54) is 0 Å². The van der Waals surface area contributed by atoms with Gasteiger partial charge in [-0.2, -0.15) is 5.11 Å². The molecule has 5 heteroatoms. The summed E-state index contributed by atoms with van der Waals surface area (Å²) in [4.78, 5) is 10.6. The summed E-state index contributed by atoms with van der Waals surface area (Å²) in [6.07, 6.45) is 0.757. The summed E-state index contributed by atoms with van der Waals surface area (Å²) in [5, 5.41) is 16.0. The Bertz CT molecular complexity index is 203. The van der Waals surface area contributed by atoms with Gasteiger partial charge in [-0.1, -0.05) is 19.1 Å². The largest absolute Gasteiger partial charge is 0.480 e. The Hall–Kier alpha value is -1.13. The maximum Gasteiger partial charge on any atom is 0.330 e. The molecular formula is C7H13N3O2. The van der Waals surface area contributed by atoms with Crippen molar-refractivity contribution in [2.45, 2.75) is 32.4 Å². The van der Waals surface area contributed by atoms with Gasteiger partial charge in [0.05, 0.1) is 0 Å². The first kappa shape index (κ1) is 8.96. The van der Waals surface area contributed by atoms with Crippen LogP contribution in [0.2, 0.25) is 0 Å². The molecule has 2 unspecified atom stereocenters. The van der Waals surface area contributed by atoms with E-state index in [2.05, 4.69) is 15.8 Å². The highest BCUT2D eigenvalue weighted by Crippen LogP contribution is 2.16. The van der Waals surface area contributed by atoms with E-state index in [1.807, 2.05) is 13.8 Å². The van der Waals surface area contributed by atoms with E-state index in [1.54, 1.807) is 0 Å². The van der Waals surface area contributed by atoms with E-state index in [-0.39, 0.29) is 6.04 Å². The third kappa shape index (κ3) is 1.93. The second-order valence-electron chi connectivity index (χ2n) is 3.36. The van der Waals surface area contributed by atoms with Gasteiger partial charge in [-0.05, 0) is 12.3 Å². The zero-order valence-electron chi connectivity index (χ0n) is 7.19. The molecule has 0 amide bonds. The van der Waals surface area contributed by atoms with Crippen molar-refractivity contribution in [1.82, 2.24) is 5.43 Å². The normalized spacial score (nSPS) is 27.6. The first-order valence-electron chi connectivity index (χ1n) is 3.99. The molecule has 0 saturated heterocycles. The summed E-state index contributed by atoms with van der Waals surface area (Å²) >= 11 is 0. The third-order valence-corrected chi connectivity index (χ3v) is 1.77. The Morgan fingerprint density at radius 2 is 2.33 bits per heavy atom. The fourth-order valence-electron chi connectivity index (χ4n) is 1.21. The maximum atomic E-state index is 10.6. The molecule has 1 aliphatic heterocycles. The Labute approximate surface area is 70.8 Å². The van der Waals surface area contributed by atoms with E-state index in [4.69, 9.17) is 5.11 Å². The Kier molecular flexibility index (Phi) is 2.62. The van der Waals surface area contributed by atoms with Crippen molar-refractivity contribution in [3.8, 4) is 0 Å². The highest BCUT2D eigenvalue weighted by atomic mass is 16.4. The molecule has 0 fully saturated rings. The molecule has 2 N–H and O–H groups in total. The zero-order valence-corrected chi connectivity index (χ0v) is 7.19. The number of carboxylic acids is 1. The van der Waals surface area contributed by atoms with Gasteiger partial charge in [0.2, 0.25) is 0 Å². The predicted molar refractivity (Wildman–Crippen MR) is 42.7 cm³/mol. The van der Waals surface area contributed by atoms with E-state index in [9.17, 15) is 4.79 Å². The van der Waals surface area contributed by atoms with Gasteiger partial charge in [0.1, 0.15) is 6.04 Å². The minimum Gasteiger partial charge on any atom is -0.480 e. The lowest BCUT2D eigenvalue weighted by Gasteiger charge is -2.13. The van der Waals surface area contributed by atoms with Gasteiger partial charge in [0, 0.05) is 0 Å². The summed E-state index contributed by atoms with van der Waals surface area (Å²) < 4.78 is 0. The van der Waals surface area contributed by atoms with Crippen molar-refractivity contribution < 1.29 is 9.90 Å². The van der Waals surface area contributed by atoms with Crippen LogP contribution in [0, 0.1) is 5.92 Å². The van der Waals surface area contributed by atoms with E-state index in [0.29, 0.717) is 5.92 Å². The van der Waals surface area contributed by atoms with Crippen molar-refractivity contribution >= 4 is 5.97 Å². The Balaban J connectivity index is 2.51. The van der Waals surface area contributed by atoms with Crippen LogP contribution in [0.5, 0.6) is 0 Å². The van der Waals surface area contributed by atoms with Crippen molar-refractivity contribution in [2.24, 2.45) is 16.3 Å². The van der Waals surface area contributed by atoms with Crippen LogP contribution >= 0.6 is 0 Å². The van der Waals surface area contributed by atoms with Gasteiger partial charge < -0.3 is 5.11 Å². The number of hydrogen-bond acceptors (Lipinski definition) is 4. The molecular weight excluding hydrogens is 158 g/mol.